The Bertz CT molecular complexity index is 533. The van der Waals surface area contributed by atoms with Crippen molar-refractivity contribution < 1.29 is 13.2 Å². The quantitative estimate of drug-likeness (QED) is 0.866. The Balaban J connectivity index is 2.43. The lowest BCUT2D eigenvalue weighted by Crippen LogP contribution is -2.32. The molecule has 5 nitrogen and oxygen atoms in total. The minimum absolute atomic E-state index is 0.104. The van der Waals surface area contributed by atoms with Crippen molar-refractivity contribution >= 4 is 17.3 Å². The highest BCUT2D eigenvalue weighted by atomic mass is 19.4. The van der Waals surface area contributed by atoms with Crippen molar-refractivity contribution in [3.8, 4) is 0 Å². The van der Waals surface area contributed by atoms with Gasteiger partial charge < -0.3 is 15.0 Å². The maximum Gasteiger partial charge on any atom is 0.405 e. The molecule has 0 unspecified atom stereocenters. The fourth-order valence-electron chi connectivity index (χ4n) is 1.53. The zero-order chi connectivity index (χ0) is 12.6. The van der Waals surface area contributed by atoms with Gasteiger partial charge in [0, 0.05) is 19.4 Å². The van der Waals surface area contributed by atoms with Gasteiger partial charge in [0.15, 0.2) is 11.5 Å². The summed E-state index contributed by atoms with van der Waals surface area (Å²) in [5, 5.41) is 0. The zero-order valence-electron chi connectivity index (χ0n) is 8.94. The third kappa shape index (κ3) is 2.40. The first-order valence-corrected chi connectivity index (χ1v) is 4.74. The summed E-state index contributed by atoms with van der Waals surface area (Å²) in [6.45, 7) is -1.11. The summed E-state index contributed by atoms with van der Waals surface area (Å²) in [6.07, 6.45) is 0.261. The fourth-order valence-corrected chi connectivity index (χ4v) is 1.53. The van der Waals surface area contributed by atoms with Gasteiger partial charge in [-0.3, -0.25) is 0 Å². The Morgan fingerprint density at radius 2 is 2.18 bits per heavy atom. The van der Waals surface area contributed by atoms with E-state index in [2.05, 4.69) is 9.97 Å². The molecule has 0 aromatic carbocycles. The SMILES string of the molecule is CN(CC(F)(F)F)c1nc(N)cn2ccnc12. The molecular formula is C9H10F3N5. The van der Waals surface area contributed by atoms with Gasteiger partial charge in [0.25, 0.3) is 0 Å². The molecule has 0 aliphatic rings. The number of alkyl halides is 3. The van der Waals surface area contributed by atoms with Gasteiger partial charge in [-0.05, 0) is 0 Å². The van der Waals surface area contributed by atoms with Crippen LogP contribution in [0.3, 0.4) is 0 Å². The third-order valence-electron chi connectivity index (χ3n) is 2.15. The molecule has 0 aliphatic heterocycles. The lowest BCUT2D eigenvalue weighted by Gasteiger charge is -2.20. The molecule has 2 rings (SSSR count). The molecule has 0 saturated carbocycles. The van der Waals surface area contributed by atoms with E-state index in [0.717, 1.165) is 4.90 Å². The number of rotatable bonds is 2. The molecule has 17 heavy (non-hydrogen) atoms. The lowest BCUT2D eigenvalue weighted by atomic mass is 10.5. The van der Waals surface area contributed by atoms with Crippen molar-refractivity contribution in [2.45, 2.75) is 6.18 Å². The number of aromatic nitrogens is 3. The molecule has 0 aliphatic carbocycles. The molecule has 0 spiro atoms. The molecule has 0 atom stereocenters. The molecule has 8 heteroatoms. The van der Waals surface area contributed by atoms with E-state index >= 15 is 0 Å². The van der Waals surface area contributed by atoms with Crippen molar-refractivity contribution in [2.24, 2.45) is 0 Å². The minimum atomic E-state index is -4.30. The summed E-state index contributed by atoms with van der Waals surface area (Å²) < 4.78 is 38.4. The minimum Gasteiger partial charge on any atom is -0.382 e. The van der Waals surface area contributed by atoms with Gasteiger partial charge in [0.05, 0.1) is 6.20 Å². The summed E-state index contributed by atoms with van der Waals surface area (Å²) in [4.78, 5) is 8.80. The van der Waals surface area contributed by atoms with Crippen LogP contribution in [0, 0.1) is 0 Å². The topological polar surface area (TPSA) is 59.5 Å². The van der Waals surface area contributed by atoms with Crippen LogP contribution < -0.4 is 10.6 Å². The molecule has 0 bridgehead atoms. The largest absolute Gasteiger partial charge is 0.405 e. The van der Waals surface area contributed by atoms with Crippen molar-refractivity contribution in [1.29, 1.82) is 0 Å². The van der Waals surface area contributed by atoms with E-state index in [4.69, 9.17) is 5.73 Å². The van der Waals surface area contributed by atoms with Crippen LogP contribution in [0.1, 0.15) is 0 Å². The average Bonchev–Trinajstić information content (AvgIpc) is 2.60. The van der Waals surface area contributed by atoms with Crippen LogP contribution in [0.5, 0.6) is 0 Å². The summed E-state index contributed by atoms with van der Waals surface area (Å²) in [5.41, 5.74) is 5.86. The molecule has 2 aromatic rings. The van der Waals surface area contributed by atoms with Crippen LogP contribution in [-0.2, 0) is 0 Å². The second-order valence-electron chi connectivity index (χ2n) is 3.62. The number of imidazole rings is 1. The molecule has 2 N–H and O–H groups in total. The van der Waals surface area contributed by atoms with Gasteiger partial charge >= 0.3 is 6.18 Å². The maximum absolute atomic E-state index is 12.3. The molecule has 0 radical (unpaired) electrons. The van der Waals surface area contributed by atoms with E-state index in [1.165, 1.54) is 23.8 Å². The number of hydrogen-bond acceptors (Lipinski definition) is 4. The second kappa shape index (κ2) is 3.79. The first-order valence-electron chi connectivity index (χ1n) is 4.74. The molecule has 2 aromatic heterocycles. The van der Waals surface area contributed by atoms with Crippen molar-refractivity contribution in [3.63, 3.8) is 0 Å². The standard InChI is InChI=1S/C9H10F3N5/c1-16(5-9(10,11)12)8-7-14-2-3-17(7)4-6(13)15-8/h2-4H,5,13H2,1H3. The Labute approximate surface area is 94.7 Å². The highest BCUT2D eigenvalue weighted by Crippen LogP contribution is 2.23. The van der Waals surface area contributed by atoms with Crippen LogP contribution >= 0.6 is 0 Å². The Morgan fingerprint density at radius 3 is 2.82 bits per heavy atom. The van der Waals surface area contributed by atoms with Crippen LogP contribution in [0.4, 0.5) is 24.8 Å². The van der Waals surface area contributed by atoms with E-state index in [-0.39, 0.29) is 11.6 Å². The number of nitrogens with two attached hydrogens (primary N) is 1. The smallest absolute Gasteiger partial charge is 0.382 e. The van der Waals surface area contributed by atoms with Gasteiger partial charge in [-0.1, -0.05) is 0 Å². The van der Waals surface area contributed by atoms with Gasteiger partial charge in [0.1, 0.15) is 12.4 Å². The average molecular weight is 245 g/mol. The highest BCUT2D eigenvalue weighted by molar-refractivity contribution is 5.66. The van der Waals surface area contributed by atoms with Gasteiger partial charge in [-0.15, -0.1) is 0 Å². The van der Waals surface area contributed by atoms with E-state index in [1.54, 1.807) is 6.20 Å². The van der Waals surface area contributed by atoms with Crippen LogP contribution in [0.15, 0.2) is 18.6 Å². The third-order valence-corrected chi connectivity index (χ3v) is 2.15. The van der Waals surface area contributed by atoms with E-state index in [9.17, 15) is 13.2 Å². The predicted molar refractivity (Wildman–Crippen MR) is 56.7 cm³/mol. The summed E-state index contributed by atoms with van der Waals surface area (Å²) >= 11 is 0. The van der Waals surface area contributed by atoms with E-state index in [1.807, 2.05) is 0 Å². The molecule has 0 fully saturated rings. The monoisotopic (exact) mass is 245 g/mol. The summed E-state index contributed by atoms with van der Waals surface area (Å²) in [7, 11) is 1.30. The first-order chi connectivity index (χ1) is 7.87. The Hall–Kier alpha value is -1.99. The lowest BCUT2D eigenvalue weighted by molar-refractivity contribution is -0.119. The van der Waals surface area contributed by atoms with Gasteiger partial charge in [0.2, 0.25) is 0 Å². The van der Waals surface area contributed by atoms with Crippen molar-refractivity contribution in [1.82, 2.24) is 14.4 Å². The van der Waals surface area contributed by atoms with E-state index < -0.39 is 12.7 Å². The number of halogens is 3. The fraction of sp³-hybridized carbons (Fsp3) is 0.333. The van der Waals surface area contributed by atoms with Gasteiger partial charge in [-0.25, -0.2) is 9.97 Å². The van der Waals surface area contributed by atoms with Crippen molar-refractivity contribution in [2.75, 3.05) is 24.2 Å². The van der Waals surface area contributed by atoms with Gasteiger partial charge in [-0.2, -0.15) is 13.2 Å². The van der Waals surface area contributed by atoms with E-state index in [0.29, 0.717) is 5.65 Å². The molecule has 0 saturated heterocycles. The number of anilines is 2. The van der Waals surface area contributed by atoms with Crippen LogP contribution in [0.25, 0.3) is 5.65 Å². The Morgan fingerprint density at radius 1 is 1.47 bits per heavy atom. The number of hydrogen-bond donors (Lipinski definition) is 1. The maximum atomic E-state index is 12.3. The van der Waals surface area contributed by atoms with Crippen LogP contribution in [-0.4, -0.2) is 34.1 Å². The number of nitrogen functional groups attached to an aromatic ring is 1. The second-order valence-corrected chi connectivity index (χ2v) is 3.62. The first kappa shape index (κ1) is 11.5. The molecule has 2 heterocycles. The molecular weight excluding hydrogens is 235 g/mol. The molecule has 0 amide bonds. The normalized spacial score (nSPS) is 12.0. The predicted octanol–water partition coefficient (Wildman–Crippen LogP) is 1.31. The number of fused-ring (bicyclic) bond motifs is 1. The zero-order valence-corrected chi connectivity index (χ0v) is 8.94. The number of nitrogens with zero attached hydrogens (tertiary/aromatic N) is 4. The van der Waals surface area contributed by atoms with Crippen molar-refractivity contribution in [3.05, 3.63) is 18.6 Å². The Kier molecular flexibility index (Phi) is 2.56. The summed E-state index contributed by atoms with van der Waals surface area (Å²) in [5.74, 6) is 0.242. The summed E-state index contributed by atoms with van der Waals surface area (Å²) in [6, 6.07) is 0. The highest BCUT2D eigenvalue weighted by Gasteiger charge is 2.30. The molecule has 92 valence electrons. The van der Waals surface area contributed by atoms with Crippen LogP contribution in [0.2, 0.25) is 0 Å².